The number of halogens is 1. The van der Waals surface area contributed by atoms with Crippen LogP contribution in [0.1, 0.15) is 13.8 Å². The largest absolute Gasteiger partial charge is 0.361 e. The average molecular weight is 503 g/mol. The number of aryl methyl sites for hydroxylation is 1. The molecular weight excluding hydrogens is 480 g/mol. The highest BCUT2D eigenvalue weighted by atomic mass is 79.9. The molecule has 4 heterocycles. The molecule has 4 aromatic rings. The molecule has 5 rings (SSSR count). The molecule has 0 N–H and O–H groups in total. The Morgan fingerprint density at radius 2 is 1.76 bits per heavy atom. The van der Waals surface area contributed by atoms with Gasteiger partial charge in [-0.1, -0.05) is 30.8 Å². The fraction of sp³-hybridized carbons (Fsp3) is 0.280. The van der Waals surface area contributed by atoms with Crippen molar-refractivity contribution < 1.29 is 0 Å². The van der Waals surface area contributed by atoms with Gasteiger partial charge in [0.2, 0.25) is 5.52 Å². The highest BCUT2D eigenvalue weighted by molar-refractivity contribution is 9.10. The summed E-state index contributed by atoms with van der Waals surface area (Å²) in [6.45, 7) is 13.2. The van der Waals surface area contributed by atoms with Gasteiger partial charge in [-0.15, -0.1) is 4.98 Å². The molecule has 1 fully saturated rings. The lowest BCUT2D eigenvalue weighted by atomic mass is 10.0. The zero-order valence-corrected chi connectivity index (χ0v) is 20.2. The van der Waals surface area contributed by atoms with E-state index in [4.69, 9.17) is 11.6 Å². The Labute approximate surface area is 200 Å². The van der Waals surface area contributed by atoms with Gasteiger partial charge < -0.3 is 19.2 Å². The van der Waals surface area contributed by atoms with E-state index in [1.54, 1.807) is 23.7 Å². The van der Waals surface area contributed by atoms with Crippen LogP contribution >= 0.6 is 15.9 Å². The Kier molecular flexibility index (Phi) is 5.29. The van der Waals surface area contributed by atoms with Crippen LogP contribution in [0.5, 0.6) is 0 Å². The first kappa shape index (κ1) is 21.4. The van der Waals surface area contributed by atoms with E-state index in [-0.39, 0.29) is 17.6 Å². The molecule has 0 radical (unpaired) electrons. The first-order chi connectivity index (χ1) is 15.9. The van der Waals surface area contributed by atoms with E-state index in [0.717, 1.165) is 38.8 Å². The number of hydrogen-bond donors (Lipinski definition) is 0. The SMILES string of the molecule is [C-]#[N+]c1ccc2c(n1)c(N1C[C@@H](C)N(c3ncc(Br)c4ccccc34)C[C@@H]1C)cc(=O)n2C. The molecule has 0 bridgehead atoms. The number of piperazine rings is 1. The van der Waals surface area contributed by atoms with Crippen molar-refractivity contribution in [3.05, 3.63) is 74.9 Å². The van der Waals surface area contributed by atoms with Crippen molar-refractivity contribution >= 4 is 55.1 Å². The molecule has 1 saturated heterocycles. The fourth-order valence-electron chi connectivity index (χ4n) is 4.71. The van der Waals surface area contributed by atoms with Gasteiger partial charge in [-0.05, 0) is 41.9 Å². The van der Waals surface area contributed by atoms with Crippen LogP contribution in [0.25, 0.3) is 26.7 Å². The monoisotopic (exact) mass is 502 g/mol. The van der Waals surface area contributed by atoms with Crippen LogP contribution in [0, 0.1) is 6.57 Å². The Morgan fingerprint density at radius 1 is 1.06 bits per heavy atom. The van der Waals surface area contributed by atoms with Crippen molar-refractivity contribution in [3.8, 4) is 0 Å². The van der Waals surface area contributed by atoms with Crippen LogP contribution < -0.4 is 15.4 Å². The van der Waals surface area contributed by atoms with Crippen molar-refractivity contribution in [2.24, 2.45) is 7.05 Å². The van der Waals surface area contributed by atoms with Gasteiger partial charge in [0.25, 0.3) is 11.4 Å². The van der Waals surface area contributed by atoms with Gasteiger partial charge in [0.05, 0.1) is 11.2 Å². The number of benzene rings is 1. The van der Waals surface area contributed by atoms with Gasteiger partial charge in [-0.2, -0.15) is 0 Å². The van der Waals surface area contributed by atoms with E-state index < -0.39 is 0 Å². The van der Waals surface area contributed by atoms with E-state index in [9.17, 15) is 4.79 Å². The summed E-state index contributed by atoms with van der Waals surface area (Å²) in [5, 5.41) is 2.25. The summed E-state index contributed by atoms with van der Waals surface area (Å²) >= 11 is 3.62. The summed E-state index contributed by atoms with van der Waals surface area (Å²) in [7, 11) is 1.74. The number of aromatic nitrogens is 3. The topological polar surface area (TPSA) is 58.6 Å². The normalized spacial score (nSPS) is 18.6. The molecule has 0 spiro atoms. The molecular formula is C25H23BrN6O. The molecule has 3 aromatic heterocycles. The molecule has 1 aromatic carbocycles. The van der Waals surface area contributed by atoms with Crippen LogP contribution in [-0.4, -0.2) is 39.7 Å². The van der Waals surface area contributed by atoms with E-state index in [0.29, 0.717) is 17.9 Å². The smallest absolute Gasteiger partial charge is 0.270 e. The number of nitrogens with zero attached hydrogens (tertiary/aromatic N) is 6. The summed E-state index contributed by atoms with van der Waals surface area (Å²) in [5.74, 6) is 1.29. The Morgan fingerprint density at radius 3 is 2.52 bits per heavy atom. The Hall–Kier alpha value is -3.44. The van der Waals surface area contributed by atoms with E-state index in [1.165, 1.54) is 0 Å². The second kappa shape index (κ2) is 8.16. The van der Waals surface area contributed by atoms with Crippen LogP contribution in [0.15, 0.2) is 57.9 Å². The molecule has 8 heteroatoms. The highest BCUT2D eigenvalue weighted by Gasteiger charge is 2.33. The van der Waals surface area contributed by atoms with Gasteiger partial charge >= 0.3 is 0 Å². The Balaban J connectivity index is 1.57. The molecule has 1 aliphatic heterocycles. The van der Waals surface area contributed by atoms with Crippen molar-refractivity contribution in [1.82, 2.24) is 14.5 Å². The van der Waals surface area contributed by atoms with Crippen LogP contribution in [-0.2, 0) is 7.05 Å². The lowest BCUT2D eigenvalue weighted by Crippen LogP contribution is -2.57. The van der Waals surface area contributed by atoms with Crippen LogP contribution in [0.2, 0.25) is 0 Å². The van der Waals surface area contributed by atoms with Crippen molar-refractivity contribution in [3.63, 3.8) is 0 Å². The van der Waals surface area contributed by atoms with Crippen LogP contribution in [0.3, 0.4) is 0 Å². The maximum absolute atomic E-state index is 12.7. The standard InChI is InChI=1S/C25H23BrN6O/c1-15-14-32(25-18-8-6-5-7-17(18)19(26)12-28-25)16(2)13-31(15)21-11-23(33)30(4)20-9-10-22(27-3)29-24(20)21/h5-12,15-16H,13-14H2,1-2,4H3/t15-,16+/m0/s1. The van der Waals surface area contributed by atoms with Gasteiger partial charge in [-0.3, -0.25) is 4.79 Å². The number of anilines is 2. The van der Waals surface area contributed by atoms with Crippen molar-refractivity contribution in [1.29, 1.82) is 0 Å². The maximum Gasteiger partial charge on any atom is 0.270 e. The van der Waals surface area contributed by atoms with Crippen LogP contribution in [0.4, 0.5) is 17.3 Å². The summed E-state index contributed by atoms with van der Waals surface area (Å²) < 4.78 is 2.57. The van der Waals surface area contributed by atoms with E-state index in [2.05, 4.69) is 61.5 Å². The minimum absolute atomic E-state index is 0.0854. The average Bonchev–Trinajstić information content (AvgIpc) is 2.83. The van der Waals surface area contributed by atoms with Gasteiger partial charge in [-0.25, -0.2) is 4.98 Å². The third kappa shape index (κ3) is 3.53. The van der Waals surface area contributed by atoms with E-state index in [1.807, 2.05) is 24.4 Å². The van der Waals surface area contributed by atoms with Gasteiger partial charge in [0.15, 0.2) is 0 Å². The predicted molar refractivity (Wildman–Crippen MR) is 136 cm³/mol. The molecule has 0 aliphatic carbocycles. The molecule has 0 unspecified atom stereocenters. The lowest BCUT2D eigenvalue weighted by molar-refractivity contribution is 0.479. The second-order valence-electron chi connectivity index (χ2n) is 8.55. The molecule has 2 atom stereocenters. The summed E-state index contributed by atoms with van der Waals surface area (Å²) in [6.07, 6.45) is 1.87. The quantitative estimate of drug-likeness (QED) is 0.365. The minimum atomic E-state index is -0.0854. The van der Waals surface area contributed by atoms with Crippen molar-refractivity contribution in [2.45, 2.75) is 25.9 Å². The summed E-state index contributed by atoms with van der Waals surface area (Å²) in [4.78, 5) is 30.2. The minimum Gasteiger partial charge on any atom is -0.361 e. The van der Waals surface area contributed by atoms with Gasteiger partial charge in [0, 0.05) is 59.7 Å². The van der Waals surface area contributed by atoms with Crippen molar-refractivity contribution in [2.75, 3.05) is 22.9 Å². The molecule has 0 saturated carbocycles. The number of pyridine rings is 3. The zero-order valence-electron chi connectivity index (χ0n) is 18.7. The fourth-order valence-corrected chi connectivity index (χ4v) is 5.16. The first-order valence-corrected chi connectivity index (χ1v) is 11.6. The Bertz CT molecular complexity index is 1490. The number of fused-ring (bicyclic) bond motifs is 2. The second-order valence-corrected chi connectivity index (χ2v) is 9.41. The maximum atomic E-state index is 12.7. The van der Waals surface area contributed by atoms with E-state index >= 15 is 0 Å². The molecule has 0 amide bonds. The summed E-state index contributed by atoms with van der Waals surface area (Å²) in [5.41, 5.74) is 2.11. The molecule has 33 heavy (non-hydrogen) atoms. The van der Waals surface area contributed by atoms with Gasteiger partial charge in [0.1, 0.15) is 5.82 Å². The predicted octanol–water partition coefficient (Wildman–Crippen LogP) is 4.90. The third-order valence-corrected chi connectivity index (χ3v) is 7.09. The molecule has 166 valence electrons. The highest BCUT2D eigenvalue weighted by Crippen LogP contribution is 2.35. The number of rotatable bonds is 2. The summed E-state index contributed by atoms with van der Waals surface area (Å²) in [6, 6.07) is 13.7. The third-order valence-electron chi connectivity index (χ3n) is 6.46. The molecule has 1 aliphatic rings. The zero-order chi connectivity index (χ0) is 23.3. The number of hydrogen-bond acceptors (Lipinski definition) is 5. The lowest BCUT2D eigenvalue weighted by Gasteiger charge is -2.46. The first-order valence-electron chi connectivity index (χ1n) is 10.8. The molecule has 7 nitrogen and oxygen atoms in total.